The fourth-order valence-corrected chi connectivity index (χ4v) is 2.16. The Morgan fingerprint density at radius 3 is 2.78 bits per heavy atom. The van der Waals surface area contributed by atoms with Gasteiger partial charge in [-0.15, -0.1) is 0 Å². The van der Waals surface area contributed by atoms with Gasteiger partial charge in [0.25, 0.3) is 0 Å². The van der Waals surface area contributed by atoms with Crippen molar-refractivity contribution in [1.82, 2.24) is 9.80 Å². The number of ether oxygens (including phenoxy) is 1. The van der Waals surface area contributed by atoms with Gasteiger partial charge >= 0.3 is 0 Å². The van der Waals surface area contributed by atoms with Gasteiger partial charge in [0.1, 0.15) is 0 Å². The van der Waals surface area contributed by atoms with Crippen LogP contribution < -0.4 is 0 Å². The molecule has 1 rings (SSSR count). The summed E-state index contributed by atoms with van der Waals surface area (Å²) in [5.41, 5.74) is 0. The van der Waals surface area contributed by atoms with Crippen LogP contribution in [0.1, 0.15) is 13.3 Å². The first-order valence-corrected chi connectivity index (χ1v) is 6.30. The fourth-order valence-electron chi connectivity index (χ4n) is 2.16. The molecule has 0 saturated carbocycles. The second kappa shape index (κ2) is 7.33. The minimum Gasteiger partial charge on any atom is -0.395 e. The molecule has 1 aliphatic heterocycles. The predicted octanol–water partition coefficient (Wildman–Crippen LogP) is -0.678. The van der Waals surface area contributed by atoms with Gasteiger partial charge in [-0.25, -0.2) is 0 Å². The highest BCUT2D eigenvalue weighted by molar-refractivity contribution is 5.89. The van der Waals surface area contributed by atoms with Gasteiger partial charge in [-0.2, -0.15) is 0 Å². The van der Waals surface area contributed by atoms with Crippen LogP contribution in [0.25, 0.3) is 0 Å². The predicted molar refractivity (Wildman–Crippen MR) is 65.9 cm³/mol. The number of hydrogen-bond donors (Lipinski definition) is 1. The Hall–Kier alpha value is -1.14. The summed E-state index contributed by atoms with van der Waals surface area (Å²) >= 11 is 0. The van der Waals surface area contributed by atoms with E-state index in [1.54, 1.807) is 16.9 Å². The van der Waals surface area contributed by atoms with Crippen molar-refractivity contribution in [2.24, 2.45) is 5.92 Å². The molecule has 1 atom stereocenters. The molecule has 1 aliphatic rings. The van der Waals surface area contributed by atoms with Crippen molar-refractivity contribution in [1.29, 1.82) is 0 Å². The summed E-state index contributed by atoms with van der Waals surface area (Å²) in [6.07, 6.45) is 0.279. The third-order valence-corrected chi connectivity index (χ3v) is 3.19. The molecule has 1 N–H and O–H groups in total. The second-order valence-corrected chi connectivity index (χ2v) is 4.38. The molecular weight excluding hydrogens is 236 g/mol. The Morgan fingerprint density at radius 2 is 2.28 bits per heavy atom. The number of likely N-dealkylation sites (tertiary alicyclic amines) is 1. The molecule has 0 aromatic rings. The Balaban J connectivity index is 2.57. The van der Waals surface area contributed by atoms with Gasteiger partial charge in [0.15, 0.2) is 0 Å². The van der Waals surface area contributed by atoms with Crippen LogP contribution in [0.5, 0.6) is 0 Å². The number of carbonyl (C=O) groups excluding carboxylic acids is 2. The molecule has 18 heavy (non-hydrogen) atoms. The SMILES string of the molecule is CCN1CC(C(=O)N(CCO)CCOC)CC1=O. The standard InChI is InChI=1S/C12H22N2O4/c1-3-13-9-10(8-11(13)16)12(17)14(4-6-15)5-7-18-2/h10,15H,3-9H2,1-2H3. The normalized spacial score (nSPS) is 19.4. The molecule has 0 radical (unpaired) electrons. The largest absolute Gasteiger partial charge is 0.395 e. The highest BCUT2D eigenvalue weighted by atomic mass is 16.5. The molecule has 1 saturated heterocycles. The third kappa shape index (κ3) is 3.68. The van der Waals surface area contributed by atoms with Crippen LogP contribution in [-0.4, -0.2) is 73.2 Å². The van der Waals surface area contributed by atoms with Gasteiger partial charge in [0.2, 0.25) is 11.8 Å². The number of amides is 2. The molecule has 0 aliphatic carbocycles. The van der Waals surface area contributed by atoms with E-state index >= 15 is 0 Å². The van der Waals surface area contributed by atoms with Crippen molar-refractivity contribution >= 4 is 11.8 Å². The van der Waals surface area contributed by atoms with E-state index in [-0.39, 0.29) is 30.8 Å². The van der Waals surface area contributed by atoms with Gasteiger partial charge in [-0.05, 0) is 6.92 Å². The van der Waals surface area contributed by atoms with E-state index < -0.39 is 0 Å². The minimum atomic E-state index is -0.277. The summed E-state index contributed by atoms with van der Waals surface area (Å²) in [6.45, 7) is 4.13. The summed E-state index contributed by atoms with van der Waals surface area (Å²) in [7, 11) is 1.57. The molecule has 0 bridgehead atoms. The van der Waals surface area contributed by atoms with Crippen molar-refractivity contribution < 1.29 is 19.4 Å². The lowest BCUT2D eigenvalue weighted by molar-refractivity contribution is -0.137. The lowest BCUT2D eigenvalue weighted by Crippen LogP contribution is -2.41. The summed E-state index contributed by atoms with van der Waals surface area (Å²) in [5, 5.41) is 8.97. The second-order valence-electron chi connectivity index (χ2n) is 4.38. The summed E-state index contributed by atoms with van der Waals surface area (Å²) in [5.74, 6) is -0.308. The molecule has 104 valence electrons. The third-order valence-electron chi connectivity index (χ3n) is 3.19. The summed E-state index contributed by atoms with van der Waals surface area (Å²) in [4.78, 5) is 27.1. The van der Waals surface area contributed by atoms with Crippen LogP contribution in [-0.2, 0) is 14.3 Å². The number of methoxy groups -OCH3 is 1. The first-order chi connectivity index (χ1) is 8.63. The maximum Gasteiger partial charge on any atom is 0.228 e. The maximum atomic E-state index is 12.2. The van der Waals surface area contributed by atoms with E-state index in [1.807, 2.05) is 6.92 Å². The quantitative estimate of drug-likeness (QED) is 0.657. The van der Waals surface area contributed by atoms with Gasteiger partial charge in [-0.1, -0.05) is 0 Å². The Kier molecular flexibility index (Phi) is 6.07. The van der Waals surface area contributed by atoms with Crippen molar-refractivity contribution in [2.75, 3.05) is 46.5 Å². The Bertz CT molecular complexity index is 296. The minimum absolute atomic E-state index is 0.0338. The number of carbonyl (C=O) groups is 2. The van der Waals surface area contributed by atoms with E-state index in [1.165, 1.54) is 0 Å². The molecule has 6 nitrogen and oxygen atoms in total. The molecule has 2 amide bonds. The van der Waals surface area contributed by atoms with E-state index in [0.717, 1.165) is 0 Å². The van der Waals surface area contributed by atoms with Crippen molar-refractivity contribution in [2.45, 2.75) is 13.3 Å². The summed E-state index contributed by atoms with van der Waals surface area (Å²) in [6, 6.07) is 0. The Labute approximate surface area is 107 Å². The number of rotatable bonds is 7. The summed E-state index contributed by atoms with van der Waals surface area (Å²) < 4.78 is 4.94. The molecular formula is C12H22N2O4. The van der Waals surface area contributed by atoms with Crippen molar-refractivity contribution in [3.63, 3.8) is 0 Å². The fraction of sp³-hybridized carbons (Fsp3) is 0.833. The molecule has 0 spiro atoms. The first kappa shape index (κ1) is 14.9. The topological polar surface area (TPSA) is 70.1 Å². The van der Waals surface area contributed by atoms with E-state index in [2.05, 4.69) is 0 Å². The number of aliphatic hydroxyl groups excluding tert-OH is 1. The van der Waals surface area contributed by atoms with Crippen molar-refractivity contribution in [3.05, 3.63) is 0 Å². The number of hydrogen-bond acceptors (Lipinski definition) is 4. The zero-order valence-corrected chi connectivity index (χ0v) is 11.1. The zero-order valence-electron chi connectivity index (χ0n) is 11.1. The lowest BCUT2D eigenvalue weighted by atomic mass is 10.1. The van der Waals surface area contributed by atoms with Crippen LogP contribution in [0.3, 0.4) is 0 Å². The van der Waals surface area contributed by atoms with E-state index in [0.29, 0.717) is 32.8 Å². The molecule has 6 heteroatoms. The van der Waals surface area contributed by atoms with Crippen LogP contribution in [0.4, 0.5) is 0 Å². The average Bonchev–Trinajstić information content (AvgIpc) is 2.75. The zero-order chi connectivity index (χ0) is 13.5. The smallest absolute Gasteiger partial charge is 0.228 e. The molecule has 1 fully saturated rings. The molecule has 0 aromatic carbocycles. The molecule has 1 heterocycles. The van der Waals surface area contributed by atoms with Crippen LogP contribution in [0.2, 0.25) is 0 Å². The average molecular weight is 258 g/mol. The molecule has 0 aromatic heterocycles. The van der Waals surface area contributed by atoms with Crippen LogP contribution >= 0.6 is 0 Å². The lowest BCUT2D eigenvalue weighted by Gasteiger charge is -2.24. The Morgan fingerprint density at radius 1 is 1.56 bits per heavy atom. The van der Waals surface area contributed by atoms with E-state index in [9.17, 15) is 9.59 Å². The highest BCUT2D eigenvalue weighted by Crippen LogP contribution is 2.19. The van der Waals surface area contributed by atoms with Crippen LogP contribution in [0, 0.1) is 5.92 Å². The highest BCUT2D eigenvalue weighted by Gasteiger charge is 2.35. The van der Waals surface area contributed by atoms with Gasteiger partial charge in [0, 0.05) is 39.7 Å². The number of nitrogens with zero attached hydrogens (tertiary/aromatic N) is 2. The first-order valence-electron chi connectivity index (χ1n) is 6.30. The van der Waals surface area contributed by atoms with Crippen molar-refractivity contribution in [3.8, 4) is 0 Å². The maximum absolute atomic E-state index is 12.2. The molecule has 1 unspecified atom stereocenters. The number of aliphatic hydroxyl groups is 1. The van der Waals surface area contributed by atoms with Gasteiger partial charge in [0.05, 0.1) is 19.1 Å². The van der Waals surface area contributed by atoms with E-state index in [4.69, 9.17) is 9.84 Å². The van der Waals surface area contributed by atoms with Crippen LogP contribution in [0.15, 0.2) is 0 Å². The van der Waals surface area contributed by atoms with Gasteiger partial charge in [-0.3, -0.25) is 9.59 Å². The monoisotopic (exact) mass is 258 g/mol. The van der Waals surface area contributed by atoms with Gasteiger partial charge < -0.3 is 19.6 Å².